The highest BCUT2D eigenvalue weighted by Crippen LogP contribution is 2.24. The van der Waals surface area contributed by atoms with Gasteiger partial charge in [0.05, 0.1) is 17.0 Å². The number of nitrogens with zero attached hydrogens (tertiary/aromatic N) is 1. The second-order valence-electron chi connectivity index (χ2n) is 5.59. The highest BCUT2D eigenvalue weighted by molar-refractivity contribution is 7.93. The zero-order valence-electron chi connectivity index (χ0n) is 13.6. The molecule has 0 atom stereocenters. The maximum atomic E-state index is 12.0. The van der Waals surface area contributed by atoms with Crippen LogP contribution in [0.3, 0.4) is 0 Å². The molecule has 1 saturated heterocycles. The Bertz CT molecular complexity index is 818. The van der Waals surface area contributed by atoms with Crippen LogP contribution in [0, 0.1) is 0 Å². The number of para-hydroxylation sites is 1. The summed E-state index contributed by atoms with van der Waals surface area (Å²) in [6, 6.07) is 15.7. The van der Waals surface area contributed by atoms with Crippen molar-refractivity contribution >= 4 is 21.7 Å². The SMILES string of the molecule is O=C(OCCOc1ccccc1)c1ccc(N2CCCS2(=O)=O)cc1. The molecule has 1 heterocycles. The van der Waals surface area contributed by atoms with Crippen molar-refractivity contribution in [1.29, 1.82) is 0 Å². The minimum Gasteiger partial charge on any atom is -0.490 e. The lowest BCUT2D eigenvalue weighted by molar-refractivity contribution is 0.0450. The third kappa shape index (κ3) is 4.30. The summed E-state index contributed by atoms with van der Waals surface area (Å²) >= 11 is 0. The van der Waals surface area contributed by atoms with Gasteiger partial charge in [0, 0.05) is 6.54 Å². The number of rotatable bonds is 6. The van der Waals surface area contributed by atoms with Gasteiger partial charge in [0.25, 0.3) is 0 Å². The highest BCUT2D eigenvalue weighted by Gasteiger charge is 2.28. The molecule has 0 aromatic heterocycles. The number of hydrogen-bond donors (Lipinski definition) is 0. The van der Waals surface area contributed by atoms with E-state index in [2.05, 4.69) is 0 Å². The fourth-order valence-corrected chi connectivity index (χ4v) is 4.15. The summed E-state index contributed by atoms with van der Waals surface area (Å²) in [7, 11) is -3.22. The molecule has 2 aromatic rings. The summed E-state index contributed by atoms with van der Waals surface area (Å²) in [5, 5.41) is 0. The zero-order valence-corrected chi connectivity index (χ0v) is 14.4. The lowest BCUT2D eigenvalue weighted by Gasteiger charge is -2.16. The van der Waals surface area contributed by atoms with Crippen molar-refractivity contribution in [3.05, 3.63) is 60.2 Å². The van der Waals surface area contributed by atoms with Gasteiger partial charge in [0.2, 0.25) is 10.0 Å². The van der Waals surface area contributed by atoms with Crippen LogP contribution in [0.5, 0.6) is 5.75 Å². The van der Waals surface area contributed by atoms with E-state index in [0.717, 1.165) is 5.75 Å². The topological polar surface area (TPSA) is 72.9 Å². The molecule has 25 heavy (non-hydrogen) atoms. The van der Waals surface area contributed by atoms with Crippen molar-refractivity contribution in [1.82, 2.24) is 0 Å². The molecule has 1 fully saturated rings. The van der Waals surface area contributed by atoms with Crippen LogP contribution in [0.1, 0.15) is 16.8 Å². The van der Waals surface area contributed by atoms with Crippen molar-refractivity contribution in [2.75, 3.05) is 29.8 Å². The smallest absolute Gasteiger partial charge is 0.338 e. The van der Waals surface area contributed by atoms with Crippen molar-refractivity contribution in [3.8, 4) is 5.75 Å². The van der Waals surface area contributed by atoms with E-state index in [1.165, 1.54) is 4.31 Å². The molecule has 0 aliphatic carbocycles. The second kappa shape index (κ2) is 7.57. The number of esters is 1. The van der Waals surface area contributed by atoms with Crippen LogP contribution in [0.4, 0.5) is 5.69 Å². The van der Waals surface area contributed by atoms with E-state index in [-0.39, 0.29) is 19.0 Å². The summed E-state index contributed by atoms with van der Waals surface area (Å²) in [6.07, 6.45) is 0.619. The summed E-state index contributed by atoms with van der Waals surface area (Å²) < 4.78 is 35.8. The maximum Gasteiger partial charge on any atom is 0.338 e. The standard InChI is InChI=1S/C18H19NO5S/c20-18(24-13-12-23-17-5-2-1-3-6-17)15-7-9-16(10-8-15)19-11-4-14-25(19,21)22/h1-3,5-10H,4,11-14H2. The average molecular weight is 361 g/mol. The average Bonchev–Trinajstić information content (AvgIpc) is 2.99. The Morgan fingerprint density at radius 3 is 2.36 bits per heavy atom. The Morgan fingerprint density at radius 1 is 1.00 bits per heavy atom. The Labute approximate surface area is 147 Å². The predicted molar refractivity (Wildman–Crippen MR) is 94.4 cm³/mol. The molecule has 0 radical (unpaired) electrons. The fourth-order valence-electron chi connectivity index (χ4n) is 2.59. The largest absolute Gasteiger partial charge is 0.490 e. The normalized spacial score (nSPS) is 15.8. The van der Waals surface area contributed by atoms with Crippen LogP contribution in [0.2, 0.25) is 0 Å². The van der Waals surface area contributed by atoms with Crippen LogP contribution < -0.4 is 9.04 Å². The van der Waals surface area contributed by atoms with E-state index >= 15 is 0 Å². The van der Waals surface area contributed by atoms with Crippen LogP contribution in [-0.4, -0.2) is 39.9 Å². The molecule has 1 aliphatic rings. The number of anilines is 1. The Balaban J connectivity index is 1.51. The van der Waals surface area contributed by atoms with Gasteiger partial charge in [-0.05, 0) is 42.8 Å². The second-order valence-corrected chi connectivity index (χ2v) is 7.60. The maximum absolute atomic E-state index is 12.0. The van der Waals surface area contributed by atoms with Gasteiger partial charge in [-0.3, -0.25) is 4.31 Å². The molecule has 3 rings (SSSR count). The lowest BCUT2D eigenvalue weighted by atomic mass is 10.2. The van der Waals surface area contributed by atoms with Crippen molar-refractivity contribution in [2.24, 2.45) is 0 Å². The van der Waals surface area contributed by atoms with Crippen LogP contribution in [0.15, 0.2) is 54.6 Å². The van der Waals surface area contributed by atoms with Crippen molar-refractivity contribution in [2.45, 2.75) is 6.42 Å². The van der Waals surface area contributed by atoms with Crippen LogP contribution in [0.25, 0.3) is 0 Å². The van der Waals surface area contributed by atoms with Gasteiger partial charge in [0.15, 0.2) is 0 Å². The number of carbonyl (C=O) groups excluding carboxylic acids is 1. The molecular formula is C18H19NO5S. The monoisotopic (exact) mass is 361 g/mol. The molecule has 7 heteroatoms. The quantitative estimate of drug-likeness (QED) is 0.584. The lowest BCUT2D eigenvalue weighted by Crippen LogP contribution is -2.25. The molecule has 0 amide bonds. The van der Waals surface area contributed by atoms with E-state index in [0.29, 0.717) is 24.2 Å². The molecule has 2 aromatic carbocycles. The van der Waals surface area contributed by atoms with Crippen molar-refractivity contribution in [3.63, 3.8) is 0 Å². The first-order valence-electron chi connectivity index (χ1n) is 8.02. The minimum atomic E-state index is -3.22. The van der Waals surface area contributed by atoms with Gasteiger partial charge in [-0.1, -0.05) is 18.2 Å². The number of ether oxygens (including phenoxy) is 2. The van der Waals surface area contributed by atoms with Gasteiger partial charge in [-0.15, -0.1) is 0 Å². The molecule has 0 N–H and O–H groups in total. The van der Waals surface area contributed by atoms with Gasteiger partial charge in [-0.2, -0.15) is 0 Å². The highest BCUT2D eigenvalue weighted by atomic mass is 32.2. The molecule has 132 valence electrons. The first kappa shape index (κ1) is 17.3. The van der Waals surface area contributed by atoms with E-state index in [9.17, 15) is 13.2 Å². The van der Waals surface area contributed by atoms with Gasteiger partial charge >= 0.3 is 5.97 Å². The number of benzene rings is 2. The van der Waals surface area contributed by atoms with Gasteiger partial charge in [-0.25, -0.2) is 13.2 Å². The fraction of sp³-hybridized carbons (Fsp3) is 0.278. The minimum absolute atomic E-state index is 0.135. The summed E-state index contributed by atoms with van der Waals surface area (Å²) in [5.41, 5.74) is 0.946. The Kier molecular flexibility index (Phi) is 5.23. The van der Waals surface area contributed by atoms with Gasteiger partial charge in [0.1, 0.15) is 19.0 Å². The zero-order chi connectivity index (χ0) is 17.7. The van der Waals surface area contributed by atoms with Crippen molar-refractivity contribution < 1.29 is 22.7 Å². The molecule has 0 bridgehead atoms. The van der Waals surface area contributed by atoms with Crippen LogP contribution >= 0.6 is 0 Å². The number of sulfonamides is 1. The van der Waals surface area contributed by atoms with E-state index in [1.807, 2.05) is 30.3 Å². The molecule has 0 spiro atoms. The Hall–Kier alpha value is -2.54. The van der Waals surface area contributed by atoms with Gasteiger partial charge < -0.3 is 9.47 Å². The molecule has 0 unspecified atom stereocenters. The third-order valence-corrected chi connectivity index (χ3v) is 5.69. The summed E-state index contributed by atoms with van der Waals surface area (Å²) in [4.78, 5) is 12.0. The molecular weight excluding hydrogens is 342 g/mol. The predicted octanol–water partition coefficient (Wildman–Crippen LogP) is 2.46. The first-order chi connectivity index (χ1) is 12.1. The molecule has 6 nitrogen and oxygen atoms in total. The first-order valence-corrected chi connectivity index (χ1v) is 9.63. The van der Waals surface area contributed by atoms with E-state index < -0.39 is 16.0 Å². The number of carbonyl (C=O) groups is 1. The summed E-state index contributed by atoms with van der Waals surface area (Å²) in [5.74, 6) is 0.417. The third-order valence-electron chi connectivity index (χ3n) is 3.82. The molecule has 1 aliphatic heterocycles. The molecule has 0 saturated carbocycles. The van der Waals surface area contributed by atoms with E-state index in [4.69, 9.17) is 9.47 Å². The van der Waals surface area contributed by atoms with E-state index in [1.54, 1.807) is 24.3 Å². The Morgan fingerprint density at radius 2 is 1.72 bits per heavy atom. The summed E-state index contributed by atoms with van der Waals surface area (Å²) in [6.45, 7) is 0.874. The van der Waals surface area contributed by atoms with Crippen LogP contribution in [-0.2, 0) is 14.8 Å². The number of hydrogen-bond acceptors (Lipinski definition) is 5.